The van der Waals surface area contributed by atoms with E-state index < -0.39 is 12.0 Å². The summed E-state index contributed by atoms with van der Waals surface area (Å²) in [6.45, 7) is 2.25. The molecule has 3 nitrogen and oxygen atoms in total. The van der Waals surface area contributed by atoms with Gasteiger partial charge in [-0.05, 0) is 19.1 Å². The van der Waals surface area contributed by atoms with Crippen LogP contribution in [0.5, 0.6) is 0 Å². The van der Waals surface area contributed by atoms with Crippen LogP contribution in [-0.2, 0) is 6.18 Å². The summed E-state index contributed by atoms with van der Waals surface area (Å²) in [5, 5.41) is 2.76. The summed E-state index contributed by atoms with van der Waals surface area (Å²) >= 11 is 6.95. The summed E-state index contributed by atoms with van der Waals surface area (Å²) in [5.41, 5.74) is 0.204. The van der Waals surface area contributed by atoms with Crippen molar-refractivity contribution < 1.29 is 13.2 Å². The fourth-order valence-corrected chi connectivity index (χ4v) is 2.43. The minimum atomic E-state index is -4.58. The van der Waals surface area contributed by atoms with Gasteiger partial charge in [0.2, 0.25) is 5.82 Å². The van der Waals surface area contributed by atoms with Crippen molar-refractivity contribution >= 4 is 28.8 Å². The van der Waals surface area contributed by atoms with Gasteiger partial charge in [0.15, 0.2) is 0 Å². The fourth-order valence-electron chi connectivity index (χ4n) is 1.42. The third-order valence-electron chi connectivity index (χ3n) is 2.16. The third kappa shape index (κ3) is 3.36. The second kappa shape index (κ2) is 5.34. The summed E-state index contributed by atoms with van der Waals surface area (Å²) < 4.78 is 38.7. The molecular weight excluding hydrogens is 299 g/mol. The Morgan fingerprint density at radius 2 is 2.05 bits per heavy atom. The Morgan fingerprint density at radius 3 is 2.58 bits per heavy atom. The summed E-state index contributed by atoms with van der Waals surface area (Å²) in [6, 6.07) is 4.72. The van der Waals surface area contributed by atoms with Gasteiger partial charge in [-0.2, -0.15) is 13.2 Å². The van der Waals surface area contributed by atoms with Gasteiger partial charge in [0.25, 0.3) is 0 Å². The Balaban J connectivity index is 2.51. The van der Waals surface area contributed by atoms with E-state index in [9.17, 15) is 13.2 Å². The van der Waals surface area contributed by atoms with Crippen LogP contribution in [0.15, 0.2) is 18.2 Å². The molecule has 2 rings (SSSR count). The largest absolute Gasteiger partial charge is 0.451 e. The number of hydrogen-bond acceptors (Lipinski definition) is 4. The molecule has 102 valence electrons. The van der Waals surface area contributed by atoms with Crippen LogP contribution in [0, 0.1) is 0 Å². The molecule has 2 heterocycles. The average molecular weight is 308 g/mol. The van der Waals surface area contributed by atoms with E-state index in [2.05, 4.69) is 15.3 Å². The molecule has 0 atom stereocenters. The second-order valence-electron chi connectivity index (χ2n) is 3.59. The molecule has 0 fully saturated rings. The Labute approximate surface area is 116 Å². The number of alkyl halides is 3. The Bertz CT molecular complexity index is 583. The topological polar surface area (TPSA) is 37.8 Å². The van der Waals surface area contributed by atoms with E-state index in [0.29, 0.717) is 15.8 Å². The first-order valence-corrected chi connectivity index (χ1v) is 6.55. The van der Waals surface area contributed by atoms with Crippen molar-refractivity contribution in [2.45, 2.75) is 13.1 Å². The SMILES string of the molecule is CCNc1cc(-c2ccc(Cl)s2)nc(C(F)(F)F)n1. The number of halogens is 4. The number of hydrogen-bond donors (Lipinski definition) is 1. The van der Waals surface area contributed by atoms with E-state index in [1.165, 1.54) is 17.4 Å². The van der Waals surface area contributed by atoms with Gasteiger partial charge in [-0.3, -0.25) is 0 Å². The van der Waals surface area contributed by atoms with Gasteiger partial charge in [-0.15, -0.1) is 11.3 Å². The monoisotopic (exact) mass is 307 g/mol. The first-order valence-electron chi connectivity index (χ1n) is 5.36. The average Bonchev–Trinajstić information content (AvgIpc) is 2.75. The van der Waals surface area contributed by atoms with Crippen LogP contribution in [0.25, 0.3) is 10.6 Å². The van der Waals surface area contributed by atoms with E-state index in [4.69, 9.17) is 11.6 Å². The van der Waals surface area contributed by atoms with Gasteiger partial charge in [0, 0.05) is 12.6 Å². The second-order valence-corrected chi connectivity index (χ2v) is 5.31. The fraction of sp³-hybridized carbons (Fsp3) is 0.273. The highest BCUT2D eigenvalue weighted by molar-refractivity contribution is 7.19. The molecule has 0 aliphatic carbocycles. The highest BCUT2D eigenvalue weighted by Gasteiger charge is 2.35. The highest BCUT2D eigenvalue weighted by Crippen LogP contribution is 2.33. The number of aromatic nitrogens is 2. The zero-order valence-corrected chi connectivity index (χ0v) is 11.3. The maximum atomic E-state index is 12.7. The smallest absolute Gasteiger partial charge is 0.370 e. The van der Waals surface area contributed by atoms with Gasteiger partial charge in [-0.25, -0.2) is 9.97 Å². The molecule has 0 bridgehead atoms. The third-order valence-corrected chi connectivity index (χ3v) is 3.42. The summed E-state index contributed by atoms with van der Waals surface area (Å²) in [5.74, 6) is -1.02. The molecule has 0 amide bonds. The Kier molecular flexibility index (Phi) is 3.96. The van der Waals surface area contributed by atoms with Crippen LogP contribution in [0.1, 0.15) is 12.7 Å². The van der Waals surface area contributed by atoms with Gasteiger partial charge in [-0.1, -0.05) is 11.6 Å². The molecule has 2 aromatic rings. The van der Waals surface area contributed by atoms with E-state index in [1.54, 1.807) is 19.1 Å². The van der Waals surface area contributed by atoms with E-state index in [-0.39, 0.29) is 11.5 Å². The van der Waals surface area contributed by atoms with E-state index in [0.717, 1.165) is 0 Å². The molecule has 0 aliphatic heterocycles. The molecule has 0 saturated heterocycles. The van der Waals surface area contributed by atoms with Crippen molar-refractivity contribution in [1.82, 2.24) is 9.97 Å². The number of rotatable bonds is 3. The number of anilines is 1. The van der Waals surface area contributed by atoms with E-state index >= 15 is 0 Å². The Hall–Kier alpha value is -1.34. The molecule has 0 unspecified atom stereocenters. The maximum Gasteiger partial charge on any atom is 0.451 e. The van der Waals surface area contributed by atoms with Crippen molar-refractivity contribution in [3.05, 3.63) is 28.4 Å². The zero-order chi connectivity index (χ0) is 14.0. The van der Waals surface area contributed by atoms with Gasteiger partial charge >= 0.3 is 6.18 Å². The number of nitrogens with zero attached hydrogens (tertiary/aromatic N) is 2. The highest BCUT2D eigenvalue weighted by atomic mass is 35.5. The lowest BCUT2D eigenvalue weighted by Crippen LogP contribution is -2.13. The minimum Gasteiger partial charge on any atom is -0.370 e. The van der Waals surface area contributed by atoms with Gasteiger partial charge < -0.3 is 5.32 Å². The first kappa shape index (κ1) is 14.1. The van der Waals surface area contributed by atoms with Gasteiger partial charge in [0.05, 0.1) is 14.9 Å². The summed E-state index contributed by atoms with van der Waals surface area (Å²) in [7, 11) is 0. The molecule has 19 heavy (non-hydrogen) atoms. The lowest BCUT2D eigenvalue weighted by atomic mass is 10.3. The van der Waals surface area contributed by atoms with Crippen LogP contribution in [0.2, 0.25) is 4.34 Å². The maximum absolute atomic E-state index is 12.7. The van der Waals surface area contributed by atoms with Crippen LogP contribution < -0.4 is 5.32 Å². The molecule has 0 aliphatic rings. The van der Waals surface area contributed by atoms with Crippen molar-refractivity contribution in [3.63, 3.8) is 0 Å². The molecular formula is C11H9ClF3N3S. The zero-order valence-electron chi connectivity index (χ0n) is 9.75. The van der Waals surface area contributed by atoms with Gasteiger partial charge in [0.1, 0.15) is 5.82 Å². The standard InChI is InChI=1S/C11H9ClF3N3S/c1-2-16-9-5-6(7-3-4-8(12)19-7)17-10(18-9)11(13,14)15/h3-5H,2H2,1H3,(H,16,17,18). The normalized spacial score (nSPS) is 11.6. The molecule has 0 spiro atoms. The van der Waals surface area contributed by atoms with Crippen LogP contribution in [0.3, 0.4) is 0 Å². The lowest BCUT2D eigenvalue weighted by molar-refractivity contribution is -0.144. The predicted molar refractivity (Wildman–Crippen MR) is 69.5 cm³/mol. The number of nitrogens with one attached hydrogen (secondary N) is 1. The minimum absolute atomic E-state index is 0.143. The molecule has 1 N–H and O–H groups in total. The first-order chi connectivity index (χ1) is 8.90. The molecule has 0 aromatic carbocycles. The van der Waals surface area contributed by atoms with E-state index in [1.807, 2.05) is 0 Å². The predicted octanol–water partition coefficient (Wildman–Crippen LogP) is 4.31. The molecule has 2 aromatic heterocycles. The lowest BCUT2D eigenvalue weighted by Gasteiger charge is -2.10. The van der Waals surface area contributed by atoms with Crippen LogP contribution >= 0.6 is 22.9 Å². The Morgan fingerprint density at radius 1 is 1.32 bits per heavy atom. The molecule has 8 heteroatoms. The van der Waals surface area contributed by atoms with Crippen molar-refractivity contribution in [2.24, 2.45) is 0 Å². The van der Waals surface area contributed by atoms with Crippen LogP contribution in [0.4, 0.5) is 19.0 Å². The summed E-state index contributed by atoms with van der Waals surface area (Å²) in [4.78, 5) is 7.56. The van der Waals surface area contributed by atoms with Crippen molar-refractivity contribution in [2.75, 3.05) is 11.9 Å². The molecule has 0 saturated carbocycles. The quantitative estimate of drug-likeness (QED) is 0.918. The number of thiophene rings is 1. The van der Waals surface area contributed by atoms with Crippen molar-refractivity contribution in [1.29, 1.82) is 0 Å². The molecule has 0 radical (unpaired) electrons. The van der Waals surface area contributed by atoms with Crippen molar-refractivity contribution in [3.8, 4) is 10.6 Å². The summed E-state index contributed by atoms with van der Waals surface area (Å²) in [6.07, 6.45) is -4.58. The van der Waals surface area contributed by atoms with Crippen LogP contribution in [-0.4, -0.2) is 16.5 Å².